The van der Waals surface area contributed by atoms with Gasteiger partial charge in [0.05, 0.1) is 22.9 Å². The predicted molar refractivity (Wildman–Crippen MR) is 133 cm³/mol. The molecular weight excluding hydrogens is 468 g/mol. The maximum absolute atomic E-state index is 13.0. The number of nitrogens with zero attached hydrogens (tertiary/aromatic N) is 3. The summed E-state index contributed by atoms with van der Waals surface area (Å²) in [6, 6.07) is 10.3. The summed E-state index contributed by atoms with van der Waals surface area (Å²) >= 11 is 1.13. The molecule has 2 amide bonds. The Hall–Kier alpha value is -4.51. The van der Waals surface area contributed by atoms with E-state index in [1.807, 2.05) is 4.57 Å². The lowest BCUT2D eigenvalue weighted by atomic mass is 10.2. The molecule has 0 saturated heterocycles. The topological polar surface area (TPSA) is 135 Å². The minimum absolute atomic E-state index is 0.153. The molecule has 0 bridgehead atoms. The van der Waals surface area contributed by atoms with Crippen molar-refractivity contribution in [2.45, 2.75) is 19.9 Å². The number of carbonyl (C=O) groups excluding carboxylic acids is 2. The molecule has 3 N–H and O–H groups in total. The number of aryl methyl sites for hydroxylation is 2. The van der Waals surface area contributed by atoms with Gasteiger partial charge in [0, 0.05) is 36.7 Å². The van der Waals surface area contributed by atoms with Gasteiger partial charge in [-0.05, 0) is 42.8 Å². The van der Waals surface area contributed by atoms with Crippen LogP contribution >= 0.6 is 11.3 Å². The first-order chi connectivity index (χ1) is 17.0. The Bertz CT molecular complexity index is 1570. The zero-order valence-electron chi connectivity index (χ0n) is 18.6. The molecule has 0 radical (unpaired) electrons. The van der Waals surface area contributed by atoms with E-state index in [4.69, 9.17) is 4.42 Å². The third-order valence-corrected chi connectivity index (χ3v) is 6.51. The molecule has 10 nitrogen and oxygen atoms in total. The molecular formula is C24H20N6O4S. The summed E-state index contributed by atoms with van der Waals surface area (Å²) in [4.78, 5) is 50.0. The SMILES string of the molecule is Cc1c(C(=O)Nc2cccc(NC(=O)CCn3ccnc3)c2)sc2nc(-c3ccco3)[nH]c(=O)c12. The van der Waals surface area contributed by atoms with Crippen LogP contribution in [0.3, 0.4) is 0 Å². The number of thiophene rings is 1. The molecule has 0 aliphatic rings. The number of hydrogen-bond donors (Lipinski definition) is 3. The maximum Gasteiger partial charge on any atom is 0.266 e. The summed E-state index contributed by atoms with van der Waals surface area (Å²) in [5, 5.41) is 6.04. The van der Waals surface area contributed by atoms with Crippen molar-refractivity contribution in [2.75, 3.05) is 10.6 Å². The van der Waals surface area contributed by atoms with E-state index in [1.54, 1.807) is 62.0 Å². The van der Waals surface area contributed by atoms with Crippen molar-refractivity contribution in [2.24, 2.45) is 0 Å². The van der Waals surface area contributed by atoms with Crippen molar-refractivity contribution in [3.8, 4) is 11.6 Å². The summed E-state index contributed by atoms with van der Waals surface area (Å²) in [5.41, 5.74) is 1.28. The smallest absolute Gasteiger partial charge is 0.266 e. The van der Waals surface area contributed by atoms with E-state index in [9.17, 15) is 14.4 Å². The van der Waals surface area contributed by atoms with Crippen molar-refractivity contribution in [3.05, 3.63) is 82.2 Å². The van der Waals surface area contributed by atoms with E-state index < -0.39 is 0 Å². The Kier molecular flexibility index (Phi) is 5.98. The number of imidazole rings is 1. The molecule has 0 unspecified atom stereocenters. The number of fused-ring (bicyclic) bond motifs is 1. The average molecular weight is 489 g/mol. The first-order valence-corrected chi connectivity index (χ1v) is 11.5. The monoisotopic (exact) mass is 488 g/mol. The van der Waals surface area contributed by atoms with E-state index in [2.05, 4.69) is 25.6 Å². The Morgan fingerprint density at radius 1 is 1.17 bits per heavy atom. The number of hydrogen-bond acceptors (Lipinski definition) is 7. The number of amides is 2. The van der Waals surface area contributed by atoms with Gasteiger partial charge in [0.1, 0.15) is 4.83 Å². The highest BCUT2D eigenvalue weighted by Gasteiger charge is 2.20. The molecule has 35 heavy (non-hydrogen) atoms. The van der Waals surface area contributed by atoms with Crippen LogP contribution in [-0.2, 0) is 11.3 Å². The fourth-order valence-electron chi connectivity index (χ4n) is 3.63. The van der Waals surface area contributed by atoms with Gasteiger partial charge in [-0.2, -0.15) is 0 Å². The lowest BCUT2D eigenvalue weighted by Gasteiger charge is -2.09. The predicted octanol–water partition coefficient (Wildman–Crippen LogP) is 4.03. The van der Waals surface area contributed by atoms with Gasteiger partial charge in [0.15, 0.2) is 11.6 Å². The lowest BCUT2D eigenvalue weighted by molar-refractivity contribution is -0.116. The average Bonchev–Trinajstić information content (AvgIpc) is 3.60. The number of aromatic nitrogens is 4. The van der Waals surface area contributed by atoms with Crippen LogP contribution in [0.25, 0.3) is 21.8 Å². The molecule has 4 heterocycles. The highest BCUT2D eigenvalue weighted by atomic mass is 32.1. The van der Waals surface area contributed by atoms with Crippen molar-refractivity contribution in [1.29, 1.82) is 0 Å². The van der Waals surface area contributed by atoms with Crippen LogP contribution in [-0.4, -0.2) is 31.3 Å². The van der Waals surface area contributed by atoms with Crippen LogP contribution in [0, 0.1) is 6.92 Å². The molecule has 0 aliphatic carbocycles. The molecule has 11 heteroatoms. The number of nitrogens with one attached hydrogen (secondary N) is 3. The Morgan fingerprint density at radius 3 is 2.74 bits per heavy atom. The second kappa shape index (κ2) is 9.39. The third-order valence-electron chi connectivity index (χ3n) is 5.32. The van der Waals surface area contributed by atoms with Gasteiger partial charge in [0.25, 0.3) is 11.5 Å². The van der Waals surface area contributed by atoms with Gasteiger partial charge in [-0.15, -0.1) is 11.3 Å². The third kappa shape index (κ3) is 4.75. The number of benzene rings is 1. The van der Waals surface area contributed by atoms with Crippen molar-refractivity contribution in [3.63, 3.8) is 0 Å². The highest BCUT2D eigenvalue weighted by Crippen LogP contribution is 2.29. The second-order valence-corrected chi connectivity index (χ2v) is 8.76. The van der Waals surface area contributed by atoms with Gasteiger partial charge in [-0.25, -0.2) is 9.97 Å². The van der Waals surface area contributed by atoms with Gasteiger partial charge in [0.2, 0.25) is 5.91 Å². The fraction of sp³-hybridized carbons (Fsp3) is 0.125. The summed E-state index contributed by atoms with van der Waals surface area (Å²) in [7, 11) is 0. The number of anilines is 2. The van der Waals surface area contributed by atoms with Gasteiger partial charge in [-0.1, -0.05) is 6.07 Å². The zero-order chi connectivity index (χ0) is 24.4. The summed E-state index contributed by atoms with van der Waals surface area (Å²) in [6.45, 7) is 2.23. The van der Waals surface area contributed by atoms with Crippen molar-refractivity contribution >= 4 is 44.7 Å². The maximum atomic E-state index is 13.0. The summed E-state index contributed by atoms with van der Waals surface area (Å²) in [6.07, 6.45) is 6.89. The molecule has 5 rings (SSSR count). The molecule has 1 aromatic carbocycles. The first-order valence-electron chi connectivity index (χ1n) is 10.7. The lowest BCUT2D eigenvalue weighted by Crippen LogP contribution is -2.15. The molecule has 5 aromatic rings. The number of rotatable bonds is 7. The molecule has 0 saturated carbocycles. The highest BCUT2D eigenvalue weighted by molar-refractivity contribution is 7.20. The Morgan fingerprint density at radius 2 is 2.00 bits per heavy atom. The largest absolute Gasteiger partial charge is 0.461 e. The number of aromatic amines is 1. The van der Waals surface area contributed by atoms with Gasteiger partial charge in [-0.3, -0.25) is 14.4 Å². The van der Waals surface area contributed by atoms with Crippen LogP contribution in [0.4, 0.5) is 11.4 Å². The van der Waals surface area contributed by atoms with E-state index in [0.717, 1.165) is 11.3 Å². The van der Waals surface area contributed by atoms with Crippen molar-refractivity contribution < 1.29 is 14.0 Å². The number of carbonyl (C=O) groups is 2. The Balaban J connectivity index is 1.32. The van der Waals surface area contributed by atoms with Crippen LogP contribution in [0.1, 0.15) is 21.7 Å². The van der Waals surface area contributed by atoms with E-state index in [0.29, 0.717) is 50.2 Å². The standard InChI is InChI=1S/C24H20N6O4S/c1-14-19-22(32)28-21(17-6-3-11-34-17)29-24(19)35-20(14)23(33)27-16-5-2-4-15(12-16)26-18(31)7-9-30-10-8-25-13-30/h2-6,8,10-13H,7,9H2,1H3,(H,26,31)(H,27,33)(H,28,29,32). The van der Waals surface area contributed by atoms with Gasteiger partial charge >= 0.3 is 0 Å². The zero-order valence-corrected chi connectivity index (χ0v) is 19.4. The van der Waals surface area contributed by atoms with Crippen LogP contribution < -0.4 is 16.2 Å². The normalized spacial score (nSPS) is 11.0. The van der Waals surface area contributed by atoms with Crippen LogP contribution in [0.5, 0.6) is 0 Å². The van der Waals surface area contributed by atoms with Crippen LogP contribution in [0.15, 0.2) is 70.6 Å². The molecule has 0 fully saturated rings. The molecule has 0 aliphatic heterocycles. The van der Waals surface area contributed by atoms with E-state index in [-0.39, 0.29) is 23.8 Å². The van der Waals surface area contributed by atoms with E-state index >= 15 is 0 Å². The fourth-order valence-corrected chi connectivity index (χ4v) is 4.70. The Labute approximate surface area is 202 Å². The minimum atomic E-state index is -0.368. The minimum Gasteiger partial charge on any atom is -0.461 e. The van der Waals surface area contributed by atoms with Crippen molar-refractivity contribution in [1.82, 2.24) is 19.5 Å². The van der Waals surface area contributed by atoms with Gasteiger partial charge < -0.3 is 24.6 Å². The quantitative estimate of drug-likeness (QED) is 0.317. The number of furan rings is 1. The molecule has 176 valence electrons. The van der Waals surface area contributed by atoms with Crippen LogP contribution in [0.2, 0.25) is 0 Å². The second-order valence-electron chi connectivity index (χ2n) is 7.76. The summed E-state index contributed by atoms with van der Waals surface area (Å²) < 4.78 is 7.14. The van der Waals surface area contributed by atoms with E-state index in [1.165, 1.54) is 6.26 Å². The molecule has 4 aromatic heterocycles. The molecule has 0 atom stereocenters. The molecule has 0 spiro atoms. The number of H-pyrrole nitrogens is 1. The first kappa shape index (κ1) is 22.3. The summed E-state index contributed by atoms with van der Waals surface area (Å²) in [5.74, 6) is 0.218.